The molecule has 0 radical (unpaired) electrons. The van der Waals surface area contributed by atoms with Gasteiger partial charge in [0.25, 0.3) is 0 Å². The van der Waals surface area contributed by atoms with Crippen LogP contribution in [0.2, 0.25) is 0 Å². The second kappa shape index (κ2) is 4.37. The molecule has 2 aliphatic rings. The van der Waals surface area contributed by atoms with Crippen LogP contribution in [-0.4, -0.2) is 31.4 Å². The molecule has 1 saturated carbocycles. The third kappa shape index (κ3) is 2.24. The minimum Gasteiger partial charge on any atom is -0.339 e. The van der Waals surface area contributed by atoms with Crippen molar-refractivity contribution in [1.29, 1.82) is 0 Å². The van der Waals surface area contributed by atoms with Crippen LogP contribution in [0.1, 0.15) is 12.8 Å². The smallest absolute Gasteiger partial charge is 0.339 e. The van der Waals surface area contributed by atoms with Crippen molar-refractivity contribution in [3.05, 3.63) is 12.2 Å². The molecular formula is C11H12F6O2. The molecule has 1 fully saturated rings. The molecule has 0 amide bonds. The van der Waals surface area contributed by atoms with Gasteiger partial charge < -0.3 is 9.47 Å². The normalized spacial score (nSPS) is 31.2. The van der Waals surface area contributed by atoms with Crippen LogP contribution in [0.15, 0.2) is 12.2 Å². The Hall–Kier alpha value is -0.760. The van der Waals surface area contributed by atoms with Crippen molar-refractivity contribution in [3.8, 4) is 0 Å². The van der Waals surface area contributed by atoms with Crippen molar-refractivity contribution < 1.29 is 35.8 Å². The van der Waals surface area contributed by atoms with E-state index in [1.807, 2.05) is 0 Å². The summed E-state index contributed by atoms with van der Waals surface area (Å²) in [6.45, 7) is 0. The topological polar surface area (TPSA) is 18.5 Å². The lowest BCUT2D eigenvalue weighted by Gasteiger charge is -2.38. The van der Waals surface area contributed by atoms with Gasteiger partial charge in [0, 0.05) is 13.0 Å². The summed E-state index contributed by atoms with van der Waals surface area (Å²) in [5, 5.41) is 0. The number of methoxy groups -OCH3 is 1. The maximum Gasteiger partial charge on any atom is 0.453 e. The summed E-state index contributed by atoms with van der Waals surface area (Å²) < 4.78 is 84.8. The van der Waals surface area contributed by atoms with E-state index in [0.717, 1.165) is 0 Å². The largest absolute Gasteiger partial charge is 0.453 e. The molecule has 3 atom stereocenters. The minimum absolute atomic E-state index is 0.00831. The molecule has 0 aromatic heterocycles. The lowest BCUT2D eigenvalue weighted by atomic mass is 10.0. The van der Waals surface area contributed by atoms with Crippen LogP contribution in [-0.2, 0) is 9.47 Å². The van der Waals surface area contributed by atoms with Gasteiger partial charge >= 0.3 is 18.1 Å². The Morgan fingerprint density at radius 3 is 1.84 bits per heavy atom. The highest BCUT2D eigenvalue weighted by atomic mass is 19.4. The maximum atomic E-state index is 12.8. The van der Waals surface area contributed by atoms with Crippen LogP contribution in [0.4, 0.5) is 26.3 Å². The SMILES string of the molecule is COC(OC1CC2C=CC1C2)(C(F)(F)F)C(F)(F)F. The van der Waals surface area contributed by atoms with Gasteiger partial charge in [-0.2, -0.15) is 26.3 Å². The molecule has 0 aliphatic heterocycles. The summed E-state index contributed by atoms with van der Waals surface area (Å²) in [5.41, 5.74) is 0. The summed E-state index contributed by atoms with van der Waals surface area (Å²) in [6, 6.07) is 0. The minimum atomic E-state index is -5.69. The molecule has 0 N–H and O–H groups in total. The van der Waals surface area contributed by atoms with E-state index in [0.29, 0.717) is 13.5 Å². The number of hydrogen-bond acceptors (Lipinski definition) is 2. The van der Waals surface area contributed by atoms with E-state index in [-0.39, 0.29) is 12.3 Å². The van der Waals surface area contributed by atoms with E-state index >= 15 is 0 Å². The molecule has 0 spiro atoms. The Kier molecular flexibility index (Phi) is 3.37. The fourth-order valence-corrected chi connectivity index (χ4v) is 2.65. The van der Waals surface area contributed by atoms with Gasteiger partial charge in [-0.1, -0.05) is 12.2 Å². The summed E-state index contributed by atoms with van der Waals surface area (Å²) >= 11 is 0. The summed E-state index contributed by atoms with van der Waals surface area (Å²) in [6.07, 6.45) is -8.43. The molecule has 2 rings (SSSR count). The highest BCUT2D eigenvalue weighted by molar-refractivity contribution is 5.11. The Morgan fingerprint density at radius 2 is 1.53 bits per heavy atom. The van der Waals surface area contributed by atoms with Crippen LogP contribution >= 0.6 is 0 Å². The highest BCUT2D eigenvalue weighted by Gasteiger charge is 2.75. The van der Waals surface area contributed by atoms with E-state index in [1.54, 1.807) is 12.2 Å². The maximum absolute atomic E-state index is 12.8. The molecule has 2 bridgehead atoms. The second-order valence-corrected chi connectivity index (χ2v) is 4.75. The fourth-order valence-electron chi connectivity index (χ4n) is 2.65. The molecule has 2 nitrogen and oxygen atoms in total. The average molecular weight is 290 g/mol. The Balaban J connectivity index is 2.26. The van der Waals surface area contributed by atoms with E-state index in [2.05, 4.69) is 9.47 Å². The first-order valence-electron chi connectivity index (χ1n) is 5.65. The zero-order valence-corrected chi connectivity index (χ0v) is 9.89. The Bertz CT molecular complexity index is 358. The molecule has 8 heteroatoms. The summed E-state index contributed by atoms with van der Waals surface area (Å²) in [4.78, 5) is 0. The van der Waals surface area contributed by atoms with Crippen LogP contribution in [0.25, 0.3) is 0 Å². The van der Waals surface area contributed by atoms with Gasteiger partial charge in [-0.15, -0.1) is 0 Å². The van der Waals surface area contributed by atoms with Crippen molar-refractivity contribution in [3.63, 3.8) is 0 Å². The van der Waals surface area contributed by atoms with Crippen LogP contribution in [0.3, 0.4) is 0 Å². The predicted molar refractivity (Wildman–Crippen MR) is 52.1 cm³/mol. The van der Waals surface area contributed by atoms with Crippen molar-refractivity contribution in [2.75, 3.05) is 7.11 Å². The Labute approximate surface area is 105 Å². The summed E-state index contributed by atoms with van der Waals surface area (Å²) in [7, 11) is 0.351. The van der Waals surface area contributed by atoms with Crippen molar-refractivity contribution in [1.82, 2.24) is 0 Å². The van der Waals surface area contributed by atoms with E-state index in [4.69, 9.17) is 0 Å². The molecule has 0 saturated heterocycles. The van der Waals surface area contributed by atoms with Gasteiger partial charge in [-0.3, -0.25) is 0 Å². The van der Waals surface area contributed by atoms with Gasteiger partial charge in [-0.05, 0) is 18.8 Å². The standard InChI is InChI=1S/C11H12F6O2/c1-18-9(10(12,13)14,11(15,16)17)19-8-5-6-2-3-7(8)4-6/h2-3,6-8H,4-5H2,1H3. The quantitative estimate of drug-likeness (QED) is 0.450. The van der Waals surface area contributed by atoms with Crippen molar-refractivity contribution >= 4 is 0 Å². The first-order chi connectivity index (χ1) is 8.61. The number of halogens is 6. The molecule has 2 aliphatic carbocycles. The number of fused-ring (bicyclic) bond motifs is 2. The molecule has 3 unspecified atom stereocenters. The molecule has 110 valence electrons. The van der Waals surface area contributed by atoms with Crippen LogP contribution in [0.5, 0.6) is 0 Å². The molecule has 0 heterocycles. The van der Waals surface area contributed by atoms with Crippen molar-refractivity contribution in [2.24, 2.45) is 11.8 Å². The number of ether oxygens (including phenoxy) is 2. The van der Waals surface area contributed by atoms with Crippen molar-refractivity contribution in [2.45, 2.75) is 37.1 Å². The highest BCUT2D eigenvalue weighted by Crippen LogP contribution is 2.50. The fraction of sp³-hybridized carbons (Fsp3) is 0.818. The predicted octanol–water partition coefficient (Wildman–Crippen LogP) is 3.43. The van der Waals surface area contributed by atoms with Crippen LogP contribution < -0.4 is 0 Å². The zero-order chi connectivity index (χ0) is 14.5. The van der Waals surface area contributed by atoms with E-state index in [9.17, 15) is 26.3 Å². The van der Waals surface area contributed by atoms with E-state index in [1.165, 1.54) is 0 Å². The van der Waals surface area contributed by atoms with Gasteiger partial charge in [0.15, 0.2) is 0 Å². The lowest BCUT2D eigenvalue weighted by molar-refractivity contribution is -0.472. The third-order valence-corrected chi connectivity index (χ3v) is 3.57. The lowest BCUT2D eigenvalue weighted by Crippen LogP contribution is -2.61. The zero-order valence-electron chi connectivity index (χ0n) is 9.89. The molecule has 0 aromatic rings. The van der Waals surface area contributed by atoms with Gasteiger partial charge in [0.1, 0.15) is 0 Å². The first kappa shape index (κ1) is 14.6. The molecule has 19 heavy (non-hydrogen) atoms. The second-order valence-electron chi connectivity index (χ2n) is 4.75. The molecular weight excluding hydrogens is 278 g/mol. The number of alkyl halides is 6. The van der Waals surface area contributed by atoms with Gasteiger partial charge in [0.2, 0.25) is 0 Å². The number of rotatable bonds is 3. The van der Waals surface area contributed by atoms with Gasteiger partial charge in [0.05, 0.1) is 6.10 Å². The first-order valence-corrected chi connectivity index (χ1v) is 5.65. The number of allylic oxidation sites excluding steroid dienone is 1. The van der Waals surface area contributed by atoms with Gasteiger partial charge in [-0.25, -0.2) is 0 Å². The monoisotopic (exact) mass is 290 g/mol. The molecule has 0 aromatic carbocycles. The average Bonchev–Trinajstić information content (AvgIpc) is 2.83. The Morgan fingerprint density at radius 1 is 0.947 bits per heavy atom. The van der Waals surface area contributed by atoms with E-state index < -0.39 is 30.2 Å². The third-order valence-electron chi connectivity index (χ3n) is 3.57. The number of hydrogen-bond donors (Lipinski definition) is 0. The van der Waals surface area contributed by atoms with Crippen LogP contribution in [0, 0.1) is 11.8 Å². The summed E-state index contributed by atoms with van der Waals surface area (Å²) in [5.74, 6) is -4.97.